The van der Waals surface area contributed by atoms with E-state index in [9.17, 15) is 9.59 Å². The zero-order valence-corrected chi connectivity index (χ0v) is 17.4. The smallest absolute Gasteiger partial charge is 0.258 e. The quantitative estimate of drug-likeness (QED) is 0.453. The average molecular weight is 447 g/mol. The lowest BCUT2D eigenvalue weighted by atomic mass is 10.1. The Balaban J connectivity index is 1.81. The molecular weight excluding hydrogens is 428 g/mol. The maximum atomic E-state index is 13.4. The van der Waals surface area contributed by atoms with E-state index in [0.717, 1.165) is 32.2 Å². The number of benzene rings is 3. The van der Waals surface area contributed by atoms with E-state index in [1.165, 1.54) is 0 Å². The summed E-state index contributed by atoms with van der Waals surface area (Å²) in [5.74, 6) is -0.120. The molecule has 0 radical (unpaired) electrons. The minimum absolute atomic E-state index is 0.120. The fourth-order valence-corrected chi connectivity index (χ4v) is 3.60. The van der Waals surface area contributed by atoms with Crippen molar-refractivity contribution < 1.29 is 4.79 Å². The molecule has 1 aromatic heterocycles. The van der Waals surface area contributed by atoms with Crippen molar-refractivity contribution in [1.82, 2.24) is 4.98 Å². The fourth-order valence-electron chi connectivity index (χ4n) is 3.33. The molecule has 1 amide bonds. The molecule has 3 aromatic carbocycles. The molecule has 0 bridgehead atoms. The lowest BCUT2D eigenvalue weighted by Crippen LogP contribution is -2.31. The highest BCUT2D eigenvalue weighted by atomic mass is 79.9. The van der Waals surface area contributed by atoms with Crippen LogP contribution in [0.5, 0.6) is 0 Å². The molecule has 0 unspecified atom stereocenters. The van der Waals surface area contributed by atoms with Crippen LogP contribution in [0.1, 0.15) is 21.5 Å². The van der Waals surface area contributed by atoms with E-state index in [2.05, 4.69) is 20.9 Å². The molecule has 0 aliphatic rings. The molecule has 0 aliphatic carbocycles. The Morgan fingerprint density at radius 1 is 0.966 bits per heavy atom. The number of anilines is 1. The van der Waals surface area contributed by atoms with Crippen molar-refractivity contribution in [3.63, 3.8) is 0 Å². The number of nitrogens with zero attached hydrogens (tertiary/aromatic N) is 1. The number of halogens is 1. The van der Waals surface area contributed by atoms with Crippen LogP contribution in [-0.2, 0) is 6.54 Å². The van der Waals surface area contributed by atoms with Crippen molar-refractivity contribution in [3.05, 3.63) is 110 Å². The largest absolute Gasteiger partial charge is 0.322 e. The first-order valence-corrected chi connectivity index (χ1v) is 10.1. The molecule has 0 spiro atoms. The van der Waals surface area contributed by atoms with Crippen molar-refractivity contribution in [2.24, 2.45) is 0 Å². The molecule has 4 aromatic rings. The van der Waals surface area contributed by atoms with Gasteiger partial charge in [0.15, 0.2) is 0 Å². The standard InChI is InChI=1S/C24H19BrN2O2/c1-16-6-12-20(13-7-16)27(24(29)17-8-10-19(25)11-9-17)15-18-14-23(28)26-22-5-3-2-4-21(18)22/h2-14H,15H2,1H3,(H,26,28). The first kappa shape index (κ1) is 19.2. The summed E-state index contributed by atoms with van der Waals surface area (Å²) in [5.41, 5.74) is 3.87. The fraction of sp³-hybridized carbons (Fsp3) is 0.0833. The molecule has 0 aliphatic heterocycles. The van der Waals surface area contributed by atoms with Gasteiger partial charge < -0.3 is 9.88 Å². The predicted octanol–water partition coefficient (Wildman–Crippen LogP) is 5.45. The number of hydrogen-bond acceptors (Lipinski definition) is 2. The molecule has 0 fully saturated rings. The van der Waals surface area contributed by atoms with Gasteiger partial charge in [-0.15, -0.1) is 0 Å². The number of amides is 1. The molecule has 4 nitrogen and oxygen atoms in total. The van der Waals surface area contributed by atoms with Gasteiger partial charge in [0.25, 0.3) is 5.91 Å². The van der Waals surface area contributed by atoms with Crippen LogP contribution in [-0.4, -0.2) is 10.9 Å². The summed E-state index contributed by atoms with van der Waals surface area (Å²) in [6.45, 7) is 2.30. The van der Waals surface area contributed by atoms with Gasteiger partial charge in [-0.1, -0.05) is 51.8 Å². The number of rotatable bonds is 4. The molecule has 0 saturated heterocycles. The van der Waals surface area contributed by atoms with E-state index in [1.54, 1.807) is 23.1 Å². The van der Waals surface area contributed by atoms with E-state index >= 15 is 0 Å². The van der Waals surface area contributed by atoms with Gasteiger partial charge in [0, 0.05) is 32.7 Å². The van der Waals surface area contributed by atoms with Crippen molar-refractivity contribution >= 4 is 38.4 Å². The van der Waals surface area contributed by atoms with Gasteiger partial charge in [0.05, 0.1) is 6.54 Å². The van der Waals surface area contributed by atoms with Gasteiger partial charge in [-0.2, -0.15) is 0 Å². The Hall–Kier alpha value is -3.18. The van der Waals surface area contributed by atoms with Gasteiger partial charge in [-0.05, 0) is 55.0 Å². The first-order valence-electron chi connectivity index (χ1n) is 9.26. The maximum Gasteiger partial charge on any atom is 0.258 e. The first-order chi connectivity index (χ1) is 14.0. The maximum absolute atomic E-state index is 13.4. The van der Waals surface area contributed by atoms with Crippen LogP contribution in [0.2, 0.25) is 0 Å². The second kappa shape index (κ2) is 8.05. The van der Waals surface area contributed by atoms with E-state index in [1.807, 2.05) is 67.6 Å². The molecule has 1 N–H and O–H groups in total. The third-order valence-corrected chi connectivity index (χ3v) is 5.38. The number of aryl methyl sites for hydroxylation is 1. The van der Waals surface area contributed by atoms with E-state index in [-0.39, 0.29) is 11.5 Å². The summed E-state index contributed by atoms with van der Waals surface area (Å²) < 4.78 is 0.913. The van der Waals surface area contributed by atoms with Gasteiger partial charge in [0.1, 0.15) is 0 Å². The highest BCUT2D eigenvalue weighted by Crippen LogP contribution is 2.24. The zero-order chi connectivity index (χ0) is 20.4. The molecule has 0 saturated carbocycles. The lowest BCUT2D eigenvalue weighted by molar-refractivity contribution is 0.0985. The van der Waals surface area contributed by atoms with Crippen LogP contribution in [0.25, 0.3) is 10.9 Å². The van der Waals surface area contributed by atoms with Crippen LogP contribution >= 0.6 is 15.9 Å². The van der Waals surface area contributed by atoms with E-state index in [4.69, 9.17) is 0 Å². The van der Waals surface area contributed by atoms with Crippen molar-refractivity contribution in [2.45, 2.75) is 13.5 Å². The highest BCUT2D eigenvalue weighted by molar-refractivity contribution is 9.10. The average Bonchev–Trinajstić information content (AvgIpc) is 2.72. The number of aromatic amines is 1. The second-order valence-corrected chi connectivity index (χ2v) is 7.85. The number of H-pyrrole nitrogens is 1. The summed E-state index contributed by atoms with van der Waals surface area (Å²) >= 11 is 3.41. The topological polar surface area (TPSA) is 53.2 Å². The summed E-state index contributed by atoms with van der Waals surface area (Å²) in [4.78, 5) is 30.1. The van der Waals surface area contributed by atoms with Crippen molar-refractivity contribution in [2.75, 3.05) is 4.90 Å². The summed E-state index contributed by atoms with van der Waals surface area (Å²) in [6, 6.07) is 24.3. The van der Waals surface area contributed by atoms with Crippen LogP contribution in [0, 0.1) is 6.92 Å². The lowest BCUT2D eigenvalue weighted by Gasteiger charge is -2.24. The Morgan fingerprint density at radius 2 is 1.66 bits per heavy atom. The molecule has 4 rings (SSSR count). The zero-order valence-electron chi connectivity index (χ0n) is 15.9. The SMILES string of the molecule is Cc1ccc(N(Cc2cc(=O)[nH]c3ccccc23)C(=O)c2ccc(Br)cc2)cc1. The highest BCUT2D eigenvalue weighted by Gasteiger charge is 2.19. The minimum Gasteiger partial charge on any atom is -0.322 e. The number of fused-ring (bicyclic) bond motifs is 1. The minimum atomic E-state index is -0.182. The van der Waals surface area contributed by atoms with Crippen LogP contribution in [0.3, 0.4) is 0 Å². The van der Waals surface area contributed by atoms with Crippen LogP contribution < -0.4 is 10.5 Å². The van der Waals surface area contributed by atoms with Gasteiger partial charge >= 0.3 is 0 Å². The Kier molecular flexibility index (Phi) is 5.32. The van der Waals surface area contributed by atoms with Gasteiger partial charge in [-0.25, -0.2) is 0 Å². The number of carbonyl (C=O) groups is 1. The van der Waals surface area contributed by atoms with Gasteiger partial charge in [-0.3, -0.25) is 9.59 Å². The van der Waals surface area contributed by atoms with Crippen molar-refractivity contribution in [3.8, 4) is 0 Å². The second-order valence-electron chi connectivity index (χ2n) is 6.94. The molecule has 1 heterocycles. The monoisotopic (exact) mass is 446 g/mol. The number of hydrogen-bond donors (Lipinski definition) is 1. The Labute approximate surface area is 176 Å². The Bertz CT molecular complexity index is 1230. The van der Waals surface area contributed by atoms with Gasteiger partial charge in [0.2, 0.25) is 5.56 Å². The predicted molar refractivity (Wildman–Crippen MR) is 120 cm³/mol. The van der Waals surface area contributed by atoms with Crippen molar-refractivity contribution in [1.29, 1.82) is 0 Å². The molecule has 0 atom stereocenters. The van der Waals surface area contributed by atoms with Crippen LogP contribution in [0.15, 0.2) is 88.1 Å². The third-order valence-electron chi connectivity index (χ3n) is 4.85. The van der Waals surface area contributed by atoms with E-state index in [0.29, 0.717) is 12.1 Å². The molecule has 144 valence electrons. The summed E-state index contributed by atoms with van der Waals surface area (Å²) in [5, 5.41) is 0.924. The molecular formula is C24H19BrN2O2. The molecule has 5 heteroatoms. The summed E-state index contributed by atoms with van der Waals surface area (Å²) in [6.07, 6.45) is 0. The number of nitrogens with one attached hydrogen (secondary N) is 1. The van der Waals surface area contributed by atoms with Crippen LogP contribution in [0.4, 0.5) is 5.69 Å². The Morgan fingerprint density at radius 3 is 2.38 bits per heavy atom. The van der Waals surface area contributed by atoms with E-state index < -0.39 is 0 Å². The normalized spacial score (nSPS) is 10.8. The molecule has 29 heavy (non-hydrogen) atoms. The number of aromatic nitrogens is 1. The number of para-hydroxylation sites is 1. The summed E-state index contributed by atoms with van der Waals surface area (Å²) in [7, 11) is 0. The number of carbonyl (C=O) groups excluding carboxylic acids is 1. The number of pyridine rings is 1. The third kappa shape index (κ3) is 4.15.